The molecule has 0 fully saturated rings. The number of aliphatic carboxylic acids is 2. The Morgan fingerprint density at radius 1 is 0.359 bits per heavy atom. The molecule has 424 valence electrons. The first-order chi connectivity index (χ1) is 36.5. The van der Waals surface area contributed by atoms with Crippen LogP contribution in [0.15, 0.2) is 48.6 Å². The summed E-state index contributed by atoms with van der Waals surface area (Å²) in [4.78, 5) is 205. The van der Waals surface area contributed by atoms with Crippen molar-refractivity contribution in [2.75, 3.05) is 85.1 Å². The molecule has 28 heteroatoms. The summed E-state index contributed by atoms with van der Waals surface area (Å²) in [5.41, 5.74) is 0. The average molecular weight is 1100 g/mol. The smallest absolute Gasteiger partial charge is 0.317 e. The molecule has 0 bridgehead atoms. The maximum atomic E-state index is 12.4. The molecular weight excluding hydrogens is 1030 g/mol. The van der Waals surface area contributed by atoms with E-state index >= 15 is 0 Å². The molecule has 11 amide bonds. The van der Waals surface area contributed by atoms with Crippen molar-refractivity contribution < 1.29 is 91.7 Å². The number of imide groups is 4. The first-order valence-corrected chi connectivity index (χ1v) is 24.4. The molecule has 0 atom stereocenters. The van der Waals surface area contributed by atoms with Crippen LogP contribution >= 0.6 is 0 Å². The number of hydrogen-bond donors (Lipinski definition) is 5. The van der Waals surface area contributed by atoms with E-state index in [4.69, 9.17) is 0 Å². The van der Waals surface area contributed by atoms with Crippen LogP contribution in [0.1, 0.15) is 78.1 Å². The SMILES string of the molecule is C.O=C(CCCN1C(=O)C=CC1=O)CCC(=O)NCC(=O)CCC(=O)NCCC(=O)NCCN1C(=O)C=CC1=O.O=C(O)CN(CCN(CC(=O)O)CC(=O)CCCN1C(=O)C=CC1=O)CC(=O)CCCN1C(=O)C=CC1=O. The zero-order valence-corrected chi connectivity index (χ0v) is 42.1. The molecule has 4 heterocycles. The number of rotatable bonds is 37. The van der Waals surface area contributed by atoms with E-state index in [1.807, 2.05) is 0 Å². The average Bonchev–Trinajstić information content (AvgIpc) is 4.08. The van der Waals surface area contributed by atoms with E-state index in [-0.39, 0.29) is 173 Å². The van der Waals surface area contributed by atoms with Gasteiger partial charge in [0.1, 0.15) is 17.3 Å². The molecule has 0 unspecified atom stereocenters. The molecule has 0 aliphatic carbocycles. The van der Waals surface area contributed by atoms with Crippen LogP contribution < -0.4 is 16.0 Å². The van der Waals surface area contributed by atoms with Crippen molar-refractivity contribution in [1.29, 1.82) is 0 Å². The van der Waals surface area contributed by atoms with E-state index in [9.17, 15) is 91.7 Å². The van der Waals surface area contributed by atoms with Crippen LogP contribution in [0.5, 0.6) is 0 Å². The van der Waals surface area contributed by atoms with Gasteiger partial charge in [0.25, 0.3) is 47.3 Å². The second kappa shape index (κ2) is 34.2. The minimum Gasteiger partial charge on any atom is -0.480 e. The van der Waals surface area contributed by atoms with Gasteiger partial charge in [0, 0.05) is 152 Å². The third-order valence-electron chi connectivity index (χ3n) is 11.4. The number of carboxylic acid groups (broad SMARTS) is 2. The molecule has 0 aromatic heterocycles. The van der Waals surface area contributed by atoms with Crippen LogP contribution in [0.25, 0.3) is 0 Å². The molecule has 0 aromatic rings. The second-order valence-corrected chi connectivity index (χ2v) is 17.5. The van der Waals surface area contributed by atoms with Crippen molar-refractivity contribution in [2.24, 2.45) is 0 Å². The van der Waals surface area contributed by atoms with E-state index in [2.05, 4.69) is 16.0 Å². The van der Waals surface area contributed by atoms with Gasteiger partial charge in [-0.1, -0.05) is 7.43 Å². The van der Waals surface area contributed by atoms with Crippen molar-refractivity contribution in [3.8, 4) is 0 Å². The summed E-state index contributed by atoms with van der Waals surface area (Å²) < 4.78 is 0. The quantitative estimate of drug-likeness (QED) is 0.0387. The topological polar surface area (TPSA) is 386 Å². The number of Topliss-reactive ketones (excluding diaryl/α,β-unsaturated/α-hetero) is 4. The summed E-state index contributed by atoms with van der Waals surface area (Å²) in [6, 6.07) is 0. The Kier molecular flexibility index (Phi) is 28.8. The Morgan fingerprint density at radius 3 is 1.04 bits per heavy atom. The lowest BCUT2D eigenvalue weighted by atomic mass is 10.1. The Morgan fingerprint density at radius 2 is 0.667 bits per heavy atom. The van der Waals surface area contributed by atoms with Crippen LogP contribution in [-0.2, 0) is 81.5 Å². The van der Waals surface area contributed by atoms with Crippen LogP contribution in [0, 0.1) is 0 Å². The monoisotopic (exact) mass is 1100 g/mol. The van der Waals surface area contributed by atoms with Gasteiger partial charge in [-0.3, -0.25) is 111 Å². The van der Waals surface area contributed by atoms with Crippen molar-refractivity contribution in [3.05, 3.63) is 48.6 Å². The molecular formula is C50H65N9O19. The third-order valence-corrected chi connectivity index (χ3v) is 11.4. The fraction of sp³-hybridized carbons (Fsp3) is 0.500. The number of amides is 11. The van der Waals surface area contributed by atoms with Gasteiger partial charge >= 0.3 is 11.9 Å². The lowest BCUT2D eigenvalue weighted by molar-refractivity contribution is -0.141. The molecule has 4 aliphatic heterocycles. The van der Waals surface area contributed by atoms with Gasteiger partial charge in [0.2, 0.25) is 17.7 Å². The molecule has 28 nitrogen and oxygen atoms in total. The number of carboxylic acids is 2. The Bertz CT molecular complexity index is 2330. The zero-order chi connectivity index (χ0) is 57.0. The van der Waals surface area contributed by atoms with Crippen LogP contribution in [0.4, 0.5) is 0 Å². The van der Waals surface area contributed by atoms with Gasteiger partial charge in [-0.15, -0.1) is 0 Å². The second-order valence-electron chi connectivity index (χ2n) is 17.5. The minimum absolute atomic E-state index is 0. The van der Waals surface area contributed by atoms with Crippen LogP contribution in [-0.4, -0.2) is 225 Å². The molecule has 0 radical (unpaired) electrons. The predicted molar refractivity (Wildman–Crippen MR) is 268 cm³/mol. The maximum Gasteiger partial charge on any atom is 0.317 e. The number of hydrogen-bond acceptors (Lipinski definition) is 19. The maximum absolute atomic E-state index is 12.4. The fourth-order valence-electron chi connectivity index (χ4n) is 7.46. The number of carbonyl (C=O) groups is 17. The molecule has 4 aliphatic rings. The number of nitrogens with zero attached hydrogens (tertiary/aromatic N) is 6. The van der Waals surface area contributed by atoms with Gasteiger partial charge in [-0.2, -0.15) is 0 Å². The lowest BCUT2D eigenvalue weighted by Crippen LogP contribution is -2.43. The minimum atomic E-state index is -1.20. The summed E-state index contributed by atoms with van der Waals surface area (Å²) >= 11 is 0. The van der Waals surface area contributed by atoms with Gasteiger partial charge in [0.15, 0.2) is 5.78 Å². The van der Waals surface area contributed by atoms with E-state index in [0.29, 0.717) is 6.42 Å². The highest BCUT2D eigenvalue weighted by Gasteiger charge is 2.27. The molecule has 0 aromatic carbocycles. The summed E-state index contributed by atoms with van der Waals surface area (Å²) in [6.07, 6.45) is 9.59. The standard InChI is InChI=1S/C25H31N5O9.C24H30N4O10.CH4/c31-17(2-1-14-29-22(36)7-8-23(29)37)3-5-20(34)28-16-18(32)4-6-19(33)26-12-11-21(35)27-13-15-30-24(38)9-10-25(30)39;29-17(3-1-9-27-19(31)5-6-20(27)32)13-25(15-23(35)36)11-12-26(16-24(37)38)14-18(30)4-2-10-28-21(33)7-8-22(28)34;/h7-10H,1-6,11-16H2,(H,26,33)(H,27,35)(H,28,34);5-8H,1-4,9-16H2,(H,35,36)(H,37,38);1H4. The zero-order valence-electron chi connectivity index (χ0n) is 42.1. The van der Waals surface area contributed by atoms with Gasteiger partial charge in [-0.25, -0.2) is 0 Å². The molecule has 5 N–H and O–H groups in total. The highest BCUT2D eigenvalue weighted by Crippen LogP contribution is 2.10. The van der Waals surface area contributed by atoms with E-state index in [1.165, 1.54) is 9.80 Å². The normalized spacial score (nSPS) is 14.4. The van der Waals surface area contributed by atoms with E-state index < -0.39 is 84.1 Å². The van der Waals surface area contributed by atoms with Crippen LogP contribution in [0.3, 0.4) is 0 Å². The summed E-state index contributed by atoms with van der Waals surface area (Å²) in [5, 5.41) is 25.8. The van der Waals surface area contributed by atoms with Gasteiger partial charge in [0.05, 0.1) is 32.7 Å². The van der Waals surface area contributed by atoms with Crippen LogP contribution in [0.2, 0.25) is 0 Å². The van der Waals surface area contributed by atoms with Crippen molar-refractivity contribution in [3.63, 3.8) is 0 Å². The number of carbonyl (C=O) groups excluding carboxylic acids is 15. The summed E-state index contributed by atoms with van der Waals surface area (Å²) in [6.45, 7) is -1.35. The highest BCUT2D eigenvalue weighted by atomic mass is 16.4. The third kappa shape index (κ3) is 24.9. The predicted octanol–water partition coefficient (Wildman–Crippen LogP) is -3.00. The molecule has 0 spiro atoms. The molecule has 0 saturated heterocycles. The lowest BCUT2D eigenvalue weighted by Gasteiger charge is -2.25. The first kappa shape index (κ1) is 65.6. The fourth-order valence-corrected chi connectivity index (χ4v) is 7.46. The Labute approximate surface area is 447 Å². The number of ketones is 4. The number of nitrogens with one attached hydrogen (secondary N) is 3. The van der Waals surface area contributed by atoms with E-state index in [0.717, 1.165) is 68.2 Å². The molecule has 0 saturated carbocycles. The van der Waals surface area contributed by atoms with E-state index in [1.54, 1.807) is 0 Å². The summed E-state index contributed by atoms with van der Waals surface area (Å²) in [7, 11) is 0. The van der Waals surface area contributed by atoms with Crippen molar-refractivity contribution in [2.45, 2.75) is 78.1 Å². The molecule has 78 heavy (non-hydrogen) atoms. The van der Waals surface area contributed by atoms with Gasteiger partial charge < -0.3 is 26.2 Å². The largest absolute Gasteiger partial charge is 0.480 e. The Balaban J connectivity index is 0.000000527. The van der Waals surface area contributed by atoms with Crippen molar-refractivity contribution >= 4 is 100 Å². The molecule has 4 rings (SSSR count). The highest BCUT2D eigenvalue weighted by molar-refractivity contribution is 6.14. The summed E-state index contributed by atoms with van der Waals surface area (Å²) in [5.74, 6) is -8.49. The van der Waals surface area contributed by atoms with Crippen molar-refractivity contribution in [1.82, 2.24) is 45.3 Å². The van der Waals surface area contributed by atoms with Gasteiger partial charge in [-0.05, 0) is 19.3 Å². The Hall–Kier alpha value is -8.53. The first-order valence-electron chi connectivity index (χ1n) is 24.4.